The number of hydrogen-bond donors (Lipinski definition) is 0. The van der Waals surface area contributed by atoms with E-state index < -0.39 is 0 Å². The summed E-state index contributed by atoms with van der Waals surface area (Å²) < 4.78 is 8.68. The topological polar surface area (TPSA) is 81.5 Å². The van der Waals surface area contributed by atoms with E-state index in [9.17, 15) is 4.79 Å². The first-order chi connectivity index (χ1) is 15.6. The van der Waals surface area contributed by atoms with Crippen molar-refractivity contribution in [2.45, 2.75) is 52.6 Å². The molecule has 1 aromatic carbocycles. The number of hydrogen-bond acceptors (Lipinski definition) is 6. The Balaban J connectivity index is 1.36. The molecule has 4 heterocycles. The maximum Gasteiger partial charge on any atom is 0.277 e. The van der Waals surface area contributed by atoms with Gasteiger partial charge in [0, 0.05) is 18.0 Å². The summed E-state index contributed by atoms with van der Waals surface area (Å²) in [5.41, 5.74) is 4.60. The van der Waals surface area contributed by atoms with Crippen molar-refractivity contribution < 1.29 is 4.52 Å². The Hall–Kier alpha value is -3.26. The number of nitrogens with zero attached hydrogens (tertiary/aromatic N) is 6. The van der Waals surface area contributed by atoms with Crippen LogP contribution in [0.4, 0.5) is 0 Å². The molecule has 0 bridgehead atoms. The zero-order valence-corrected chi connectivity index (χ0v) is 18.6. The molecule has 8 nitrogen and oxygen atoms in total. The largest absolute Gasteiger partial charge is 0.338 e. The second-order valence-electron chi connectivity index (χ2n) is 8.68. The van der Waals surface area contributed by atoms with Crippen molar-refractivity contribution in [3.8, 4) is 11.3 Å². The molecule has 8 heteroatoms. The zero-order valence-electron chi connectivity index (χ0n) is 18.6. The van der Waals surface area contributed by atoms with Crippen molar-refractivity contribution in [1.82, 2.24) is 29.2 Å². The van der Waals surface area contributed by atoms with Crippen molar-refractivity contribution in [3.63, 3.8) is 0 Å². The molecule has 5 rings (SSSR count). The van der Waals surface area contributed by atoms with E-state index in [1.165, 1.54) is 36.8 Å². The summed E-state index contributed by atoms with van der Waals surface area (Å²) in [5, 5.41) is 8.68. The van der Waals surface area contributed by atoms with Gasteiger partial charge in [-0.25, -0.2) is 4.52 Å². The third-order valence-corrected chi connectivity index (χ3v) is 6.29. The highest BCUT2D eigenvalue weighted by Crippen LogP contribution is 2.21. The van der Waals surface area contributed by atoms with E-state index in [0.717, 1.165) is 24.3 Å². The summed E-state index contributed by atoms with van der Waals surface area (Å²) in [5.74, 6) is 1.12. The highest BCUT2D eigenvalue weighted by atomic mass is 16.5. The Morgan fingerprint density at radius 3 is 2.56 bits per heavy atom. The average molecular weight is 433 g/mol. The van der Waals surface area contributed by atoms with Gasteiger partial charge in [-0.1, -0.05) is 30.1 Å². The van der Waals surface area contributed by atoms with E-state index in [2.05, 4.69) is 46.1 Å². The van der Waals surface area contributed by atoms with E-state index >= 15 is 0 Å². The third kappa shape index (κ3) is 4.23. The fourth-order valence-electron chi connectivity index (χ4n) is 4.25. The summed E-state index contributed by atoms with van der Waals surface area (Å²) >= 11 is 0. The molecule has 1 fully saturated rings. The first-order valence-electron chi connectivity index (χ1n) is 11.3. The molecule has 0 aliphatic carbocycles. The van der Waals surface area contributed by atoms with E-state index in [0.29, 0.717) is 23.8 Å². The molecule has 0 atom stereocenters. The predicted molar refractivity (Wildman–Crippen MR) is 122 cm³/mol. The maximum absolute atomic E-state index is 13.1. The van der Waals surface area contributed by atoms with Crippen LogP contribution in [0.5, 0.6) is 0 Å². The van der Waals surface area contributed by atoms with Gasteiger partial charge in [0.15, 0.2) is 5.82 Å². The van der Waals surface area contributed by atoms with Crippen LogP contribution in [0.15, 0.2) is 46.0 Å². The Kier molecular flexibility index (Phi) is 5.61. The normalized spacial score (nSPS) is 15.3. The van der Waals surface area contributed by atoms with Gasteiger partial charge in [-0.05, 0) is 63.0 Å². The van der Waals surface area contributed by atoms with E-state index in [1.54, 1.807) is 21.5 Å². The van der Waals surface area contributed by atoms with Gasteiger partial charge in [0.05, 0.1) is 18.8 Å². The Morgan fingerprint density at radius 2 is 1.78 bits per heavy atom. The summed E-state index contributed by atoms with van der Waals surface area (Å²) in [6.07, 6.45) is 8.52. The molecule has 1 aliphatic heterocycles. The fourth-order valence-corrected chi connectivity index (χ4v) is 4.25. The summed E-state index contributed by atoms with van der Waals surface area (Å²) in [7, 11) is 0. The minimum atomic E-state index is -0.131. The van der Waals surface area contributed by atoms with Crippen LogP contribution >= 0.6 is 0 Å². The molecule has 0 N–H and O–H groups in total. The molecule has 4 aromatic rings. The van der Waals surface area contributed by atoms with Crippen LogP contribution in [0.25, 0.3) is 16.8 Å². The minimum absolute atomic E-state index is 0.131. The van der Waals surface area contributed by atoms with E-state index in [4.69, 9.17) is 4.52 Å². The number of aryl methyl sites for hydroxylation is 2. The molecular formula is C24H28N6O2. The average Bonchev–Trinajstić information content (AvgIpc) is 3.33. The van der Waals surface area contributed by atoms with Crippen LogP contribution in [-0.4, -0.2) is 42.3 Å². The predicted octanol–water partition coefficient (Wildman–Crippen LogP) is 3.59. The monoisotopic (exact) mass is 432 g/mol. The molecule has 3 aromatic heterocycles. The Bertz CT molecular complexity index is 1290. The highest BCUT2D eigenvalue weighted by molar-refractivity contribution is 5.66. The second-order valence-corrected chi connectivity index (χ2v) is 8.68. The molecule has 32 heavy (non-hydrogen) atoms. The van der Waals surface area contributed by atoms with Crippen LogP contribution < -0.4 is 5.56 Å². The highest BCUT2D eigenvalue weighted by Gasteiger charge is 2.15. The van der Waals surface area contributed by atoms with E-state index in [1.807, 2.05) is 12.1 Å². The number of rotatable bonds is 5. The second kappa shape index (κ2) is 8.70. The first kappa shape index (κ1) is 20.6. The number of aromatic nitrogens is 5. The van der Waals surface area contributed by atoms with Crippen LogP contribution in [0.1, 0.15) is 48.5 Å². The summed E-state index contributed by atoms with van der Waals surface area (Å²) in [6.45, 7) is 7.23. The minimum Gasteiger partial charge on any atom is -0.338 e. The molecule has 1 saturated heterocycles. The van der Waals surface area contributed by atoms with E-state index in [-0.39, 0.29) is 12.1 Å². The van der Waals surface area contributed by atoms with Gasteiger partial charge < -0.3 is 9.09 Å². The van der Waals surface area contributed by atoms with Gasteiger partial charge in [0.2, 0.25) is 5.89 Å². The summed E-state index contributed by atoms with van der Waals surface area (Å²) in [4.78, 5) is 20.0. The molecule has 166 valence electrons. The van der Waals surface area contributed by atoms with Gasteiger partial charge in [0.1, 0.15) is 5.52 Å². The van der Waals surface area contributed by atoms with Crippen molar-refractivity contribution in [3.05, 3.63) is 69.9 Å². The van der Waals surface area contributed by atoms with Gasteiger partial charge in [-0.15, -0.1) is 0 Å². The van der Waals surface area contributed by atoms with Gasteiger partial charge >= 0.3 is 0 Å². The van der Waals surface area contributed by atoms with Crippen LogP contribution in [0.2, 0.25) is 0 Å². The molecule has 0 amide bonds. The molecule has 0 spiro atoms. The lowest BCUT2D eigenvalue weighted by Gasteiger charge is -2.16. The van der Waals surface area contributed by atoms with Crippen molar-refractivity contribution in [2.24, 2.45) is 0 Å². The summed E-state index contributed by atoms with van der Waals surface area (Å²) in [6, 6.07) is 8.05. The molecule has 1 aliphatic rings. The lowest BCUT2D eigenvalue weighted by Crippen LogP contribution is -2.24. The van der Waals surface area contributed by atoms with Crippen molar-refractivity contribution >= 4 is 5.52 Å². The molecule has 0 radical (unpaired) electrons. The Morgan fingerprint density at radius 1 is 0.969 bits per heavy atom. The van der Waals surface area contributed by atoms with Crippen LogP contribution in [-0.2, 0) is 13.1 Å². The fraction of sp³-hybridized carbons (Fsp3) is 0.417. The smallest absolute Gasteiger partial charge is 0.277 e. The van der Waals surface area contributed by atoms with Crippen molar-refractivity contribution in [2.75, 3.05) is 13.1 Å². The van der Waals surface area contributed by atoms with Gasteiger partial charge in [-0.3, -0.25) is 9.69 Å². The zero-order chi connectivity index (χ0) is 22.1. The van der Waals surface area contributed by atoms with Crippen LogP contribution in [0, 0.1) is 13.8 Å². The third-order valence-electron chi connectivity index (χ3n) is 6.29. The standard InChI is InChI=1S/C24H28N6O2/c1-17-7-8-19(13-18(17)2)20-14-21-24(31)29(11-12-30(21)26-20)15-22-25-23(32-27-22)16-28-9-5-3-4-6-10-28/h7-8,11-14H,3-6,9-10,15-16H2,1-2H3. The SMILES string of the molecule is Cc1ccc(-c2cc3c(=O)n(Cc4noc(CN5CCCCCC5)n4)ccn3n2)cc1C. The quantitative estimate of drug-likeness (QED) is 0.479. The molecule has 0 saturated carbocycles. The van der Waals surface area contributed by atoms with Gasteiger partial charge in [0.25, 0.3) is 5.56 Å². The lowest BCUT2D eigenvalue weighted by atomic mass is 10.0. The number of benzene rings is 1. The number of likely N-dealkylation sites (tertiary alicyclic amines) is 1. The first-order valence-corrected chi connectivity index (χ1v) is 11.3. The van der Waals surface area contributed by atoms with Gasteiger partial charge in [-0.2, -0.15) is 10.1 Å². The maximum atomic E-state index is 13.1. The van der Waals surface area contributed by atoms with Crippen molar-refractivity contribution in [1.29, 1.82) is 0 Å². The Labute approximate surface area is 186 Å². The van der Waals surface area contributed by atoms with Crippen LogP contribution in [0.3, 0.4) is 0 Å². The molecule has 0 unspecified atom stereocenters. The number of fused-ring (bicyclic) bond motifs is 1. The lowest BCUT2D eigenvalue weighted by molar-refractivity contribution is 0.233. The molecular weight excluding hydrogens is 404 g/mol.